The number of carbonyl (C=O) groups is 2. The SMILES string of the molecule is CC(C)C[C@H](NC(=O)[C@@H](CC(=O)CCc1ccc(F)c(F)c1)Cc1ccccc1)B(O)O. The Kier molecular flexibility index (Phi) is 10.00. The summed E-state index contributed by atoms with van der Waals surface area (Å²) >= 11 is 0. The molecule has 0 aliphatic rings. The molecular formula is C24H30BF2NO4. The molecule has 2 aromatic rings. The third-order valence-corrected chi connectivity index (χ3v) is 5.26. The van der Waals surface area contributed by atoms with Crippen LogP contribution in [0.25, 0.3) is 0 Å². The molecule has 0 heterocycles. The van der Waals surface area contributed by atoms with E-state index in [0.29, 0.717) is 18.4 Å². The number of nitrogens with one attached hydrogen (secondary N) is 1. The van der Waals surface area contributed by atoms with Crippen molar-refractivity contribution in [2.75, 3.05) is 0 Å². The van der Waals surface area contributed by atoms with Gasteiger partial charge in [-0.2, -0.15) is 0 Å². The molecule has 8 heteroatoms. The molecule has 0 spiro atoms. The standard InChI is InChI=1S/C24H30BF2NO4/c1-16(2)12-23(25(31)32)28-24(30)19(13-17-6-4-3-5-7-17)15-20(29)10-8-18-9-11-21(26)22(27)14-18/h3-7,9,11,14,16,19,23,31-32H,8,10,12-13,15H2,1-2H3,(H,28,30)/t19-,23+/m1/s1. The lowest BCUT2D eigenvalue weighted by Gasteiger charge is -2.23. The average Bonchev–Trinajstić information content (AvgIpc) is 2.74. The third-order valence-electron chi connectivity index (χ3n) is 5.26. The first kappa shape index (κ1) is 25.7. The highest BCUT2D eigenvalue weighted by atomic mass is 19.2. The molecule has 0 aliphatic carbocycles. The molecule has 32 heavy (non-hydrogen) atoms. The topological polar surface area (TPSA) is 86.6 Å². The van der Waals surface area contributed by atoms with Gasteiger partial charge < -0.3 is 15.4 Å². The number of halogens is 2. The van der Waals surface area contributed by atoms with E-state index >= 15 is 0 Å². The van der Waals surface area contributed by atoms with Gasteiger partial charge in [0.15, 0.2) is 11.6 Å². The number of hydrogen-bond donors (Lipinski definition) is 3. The Bertz CT molecular complexity index is 893. The predicted octanol–water partition coefficient (Wildman–Crippen LogP) is 3.26. The summed E-state index contributed by atoms with van der Waals surface area (Å²) in [5, 5.41) is 21.9. The van der Waals surface area contributed by atoms with Crippen molar-refractivity contribution in [3.63, 3.8) is 0 Å². The van der Waals surface area contributed by atoms with Gasteiger partial charge in [-0.15, -0.1) is 0 Å². The highest BCUT2D eigenvalue weighted by molar-refractivity contribution is 6.43. The molecule has 2 rings (SSSR count). The molecule has 0 fully saturated rings. The van der Waals surface area contributed by atoms with Crippen molar-refractivity contribution in [3.05, 3.63) is 71.3 Å². The van der Waals surface area contributed by atoms with Crippen LogP contribution in [-0.2, 0) is 22.4 Å². The van der Waals surface area contributed by atoms with Gasteiger partial charge in [-0.1, -0.05) is 50.2 Å². The van der Waals surface area contributed by atoms with Crippen molar-refractivity contribution in [2.45, 2.75) is 51.9 Å². The fraction of sp³-hybridized carbons (Fsp3) is 0.417. The zero-order valence-electron chi connectivity index (χ0n) is 18.4. The summed E-state index contributed by atoms with van der Waals surface area (Å²) in [7, 11) is -1.71. The Balaban J connectivity index is 2.07. The highest BCUT2D eigenvalue weighted by Gasteiger charge is 2.30. The van der Waals surface area contributed by atoms with Crippen LogP contribution in [0.3, 0.4) is 0 Å². The van der Waals surface area contributed by atoms with E-state index in [1.165, 1.54) is 6.07 Å². The molecule has 3 N–H and O–H groups in total. The van der Waals surface area contributed by atoms with Gasteiger partial charge in [0, 0.05) is 18.8 Å². The molecule has 5 nitrogen and oxygen atoms in total. The quantitative estimate of drug-likeness (QED) is 0.438. The number of benzene rings is 2. The molecule has 172 valence electrons. The van der Waals surface area contributed by atoms with Crippen LogP contribution in [0.2, 0.25) is 0 Å². The summed E-state index contributed by atoms with van der Waals surface area (Å²) in [6.07, 6.45) is 0.980. The lowest BCUT2D eigenvalue weighted by molar-refractivity contribution is -0.129. The lowest BCUT2D eigenvalue weighted by atomic mass is 9.74. The van der Waals surface area contributed by atoms with E-state index in [1.54, 1.807) is 0 Å². The van der Waals surface area contributed by atoms with Crippen LogP contribution < -0.4 is 5.32 Å². The lowest BCUT2D eigenvalue weighted by Crippen LogP contribution is -2.49. The van der Waals surface area contributed by atoms with E-state index in [2.05, 4.69) is 5.32 Å². The summed E-state index contributed by atoms with van der Waals surface area (Å²) in [6.45, 7) is 3.82. The first-order chi connectivity index (χ1) is 15.2. The summed E-state index contributed by atoms with van der Waals surface area (Å²) in [6, 6.07) is 12.8. The largest absolute Gasteiger partial charge is 0.475 e. The van der Waals surface area contributed by atoms with E-state index < -0.39 is 36.5 Å². The normalized spacial score (nSPS) is 13.0. The summed E-state index contributed by atoms with van der Waals surface area (Å²) < 4.78 is 26.5. The molecule has 2 aromatic carbocycles. The minimum absolute atomic E-state index is 0.0413. The van der Waals surface area contributed by atoms with Gasteiger partial charge in [0.2, 0.25) is 5.91 Å². The molecule has 0 saturated carbocycles. The predicted molar refractivity (Wildman–Crippen MR) is 120 cm³/mol. The van der Waals surface area contributed by atoms with Crippen LogP contribution in [-0.4, -0.2) is 34.8 Å². The van der Waals surface area contributed by atoms with Crippen LogP contribution in [0.1, 0.15) is 44.2 Å². The Morgan fingerprint density at radius 3 is 2.28 bits per heavy atom. The van der Waals surface area contributed by atoms with Crippen molar-refractivity contribution in [1.82, 2.24) is 5.32 Å². The van der Waals surface area contributed by atoms with E-state index in [9.17, 15) is 28.4 Å². The van der Waals surface area contributed by atoms with Gasteiger partial charge >= 0.3 is 7.12 Å². The number of carbonyl (C=O) groups excluding carboxylic acids is 2. The minimum Gasteiger partial charge on any atom is -0.426 e. The molecule has 0 saturated heterocycles. The Morgan fingerprint density at radius 2 is 1.69 bits per heavy atom. The van der Waals surface area contributed by atoms with Crippen LogP contribution in [0.15, 0.2) is 48.5 Å². The molecule has 0 unspecified atom stereocenters. The number of ketones is 1. The van der Waals surface area contributed by atoms with Crippen molar-refractivity contribution in [2.24, 2.45) is 11.8 Å². The molecule has 0 aliphatic heterocycles. The van der Waals surface area contributed by atoms with Gasteiger partial charge in [0.05, 0.1) is 5.94 Å². The smallest absolute Gasteiger partial charge is 0.426 e. The van der Waals surface area contributed by atoms with Crippen LogP contribution in [0, 0.1) is 23.5 Å². The molecule has 2 atom stereocenters. The second-order valence-electron chi connectivity index (χ2n) is 8.54. The zero-order valence-corrected chi connectivity index (χ0v) is 18.4. The number of hydrogen-bond acceptors (Lipinski definition) is 4. The zero-order chi connectivity index (χ0) is 23.7. The summed E-state index contributed by atoms with van der Waals surface area (Å²) in [5.74, 6) is -3.91. The monoisotopic (exact) mass is 445 g/mol. The maximum atomic E-state index is 13.4. The molecule has 0 aromatic heterocycles. The van der Waals surface area contributed by atoms with Gasteiger partial charge in [0.1, 0.15) is 5.78 Å². The van der Waals surface area contributed by atoms with Crippen LogP contribution >= 0.6 is 0 Å². The highest BCUT2D eigenvalue weighted by Crippen LogP contribution is 2.17. The van der Waals surface area contributed by atoms with Gasteiger partial charge in [-0.3, -0.25) is 9.59 Å². The first-order valence-corrected chi connectivity index (χ1v) is 10.8. The Morgan fingerprint density at radius 1 is 1.00 bits per heavy atom. The van der Waals surface area contributed by atoms with Gasteiger partial charge in [-0.05, 0) is 48.4 Å². The Hall–Kier alpha value is -2.58. The van der Waals surface area contributed by atoms with Crippen LogP contribution in [0.4, 0.5) is 8.78 Å². The molecular weight excluding hydrogens is 415 g/mol. The summed E-state index contributed by atoms with van der Waals surface area (Å²) in [4.78, 5) is 25.6. The van der Waals surface area contributed by atoms with Gasteiger partial charge in [-0.25, -0.2) is 8.78 Å². The van der Waals surface area contributed by atoms with Gasteiger partial charge in [0.25, 0.3) is 0 Å². The number of Topliss-reactive ketones (excluding diaryl/α,β-unsaturated/α-hetero) is 1. The van der Waals surface area contributed by atoms with Crippen molar-refractivity contribution in [3.8, 4) is 0 Å². The maximum Gasteiger partial charge on any atom is 0.475 e. The minimum atomic E-state index is -1.71. The molecule has 1 amide bonds. The molecule has 0 radical (unpaired) electrons. The number of aryl methyl sites for hydroxylation is 1. The number of amides is 1. The summed E-state index contributed by atoms with van der Waals surface area (Å²) in [5.41, 5.74) is 1.38. The van der Waals surface area contributed by atoms with E-state index in [1.807, 2.05) is 44.2 Å². The average molecular weight is 445 g/mol. The fourth-order valence-electron chi connectivity index (χ4n) is 3.58. The van der Waals surface area contributed by atoms with E-state index in [-0.39, 0.29) is 31.0 Å². The van der Waals surface area contributed by atoms with E-state index in [0.717, 1.165) is 17.7 Å². The van der Waals surface area contributed by atoms with Crippen molar-refractivity contribution in [1.29, 1.82) is 0 Å². The third kappa shape index (κ3) is 8.51. The second kappa shape index (κ2) is 12.5. The second-order valence-corrected chi connectivity index (χ2v) is 8.54. The number of rotatable bonds is 12. The van der Waals surface area contributed by atoms with Crippen molar-refractivity contribution < 1.29 is 28.4 Å². The first-order valence-electron chi connectivity index (χ1n) is 10.8. The maximum absolute atomic E-state index is 13.4. The van der Waals surface area contributed by atoms with Crippen molar-refractivity contribution >= 4 is 18.8 Å². The fourth-order valence-corrected chi connectivity index (χ4v) is 3.58. The van der Waals surface area contributed by atoms with E-state index in [4.69, 9.17) is 0 Å². The van der Waals surface area contributed by atoms with Crippen LogP contribution in [0.5, 0.6) is 0 Å². The Labute approximate surface area is 188 Å². The molecule has 0 bridgehead atoms.